The maximum absolute atomic E-state index is 11.5. The van der Waals surface area contributed by atoms with Crippen LogP contribution in [0.5, 0.6) is 0 Å². The highest BCUT2D eigenvalue weighted by Gasteiger charge is 2.54. The first-order chi connectivity index (χ1) is 9.53. The Morgan fingerprint density at radius 3 is 2.19 bits per heavy atom. The Morgan fingerprint density at radius 1 is 1.24 bits per heavy atom. The molecule has 0 saturated carbocycles. The molecule has 2 rings (SSSR count). The average molecular weight is 292 g/mol. The van der Waals surface area contributed by atoms with Gasteiger partial charge in [-0.2, -0.15) is 0 Å². The van der Waals surface area contributed by atoms with Crippen LogP contribution in [-0.2, 0) is 9.31 Å². The Morgan fingerprint density at radius 2 is 1.76 bits per heavy atom. The van der Waals surface area contributed by atoms with E-state index >= 15 is 0 Å². The molecule has 0 amide bonds. The van der Waals surface area contributed by atoms with E-state index < -0.39 is 29.1 Å². The molecule has 0 spiro atoms. The molecule has 2 heterocycles. The van der Waals surface area contributed by atoms with Crippen molar-refractivity contribution in [2.24, 2.45) is 0 Å². The third kappa shape index (κ3) is 2.82. The van der Waals surface area contributed by atoms with E-state index in [2.05, 4.69) is 4.98 Å². The molecule has 0 aromatic carbocycles. The van der Waals surface area contributed by atoms with Crippen molar-refractivity contribution in [3.63, 3.8) is 0 Å². The molecular weight excluding hydrogens is 275 g/mol. The van der Waals surface area contributed by atoms with Gasteiger partial charge in [0.15, 0.2) is 11.4 Å². The zero-order chi connectivity index (χ0) is 16.0. The van der Waals surface area contributed by atoms with Gasteiger partial charge in [0.1, 0.15) is 0 Å². The molecule has 1 aromatic rings. The van der Waals surface area contributed by atoms with Crippen molar-refractivity contribution in [2.75, 3.05) is 0 Å². The standard InChI is InChI=1S/C13H17BN2O5/c1-8(17)9-6-10(15-11(7-9)16(18)19)14-20-12(2,3)13(4,5)21-14/h6-7H,1-5H3. The summed E-state index contributed by atoms with van der Waals surface area (Å²) in [5.74, 6) is -0.675. The Hall–Kier alpha value is -1.80. The van der Waals surface area contributed by atoms with Gasteiger partial charge in [-0.15, -0.1) is 0 Å². The minimum atomic E-state index is -0.840. The third-order valence-corrected chi connectivity index (χ3v) is 3.92. The fourth-order valence-corrected chi connectivity index (χ4v) is 1.92. The van der Waals surface area contributed by atoms with Crippen molar-refractivity contribution < 1.29 is 19.0 Å². The van der Waals surface area contributed by atoms with E-state index in [1.807, 2.05) is 27.7 Å². The van der Waals surface area contributed by atoms with E-state index in [1.165, 1.54) is 13.0 Å². The smallest absolute Gasteiger partial charge is 0.397 e. The maximum Gasteiger partial charge on any atom is 0.542 e. The monoisotopic (exact) mass is 292 g/mol. The third-order valence-electron chi connectivity index (χ3n) is 3.92. The molecule has 0 radical (unpaired) electrons. The summed E-state index contributed by atoms with van der Waals surface area (Å²) in [7, 11) is -0.840. The highest BCUT2D eigenvalue weighted by atomic mass is 16.7. The number of aromatic nitrogens is 1. The number of Topliss-reactive ketones (excluding diaryl/α,β-unsaturated/α-hetero) is 1. The van der Waals surface area contributed by atoms with Crippen molar-refractivity contribution >= 4 is 24.3 Å². The number of nitro groups is 1. The van der Waals surface area contributed by atoms with Crippen LogP contribution in [0.25, 0.3) is 0 Å². The predicted molar refractivity (Wildman–Crippen MR) is 76.6 cm³/mol. The van der Waals surface area contributed by atoms with Crippen LogP contribution in [0.1, 0.15) is 45.0 Å². The molecule has 1 fully saturated rings. The lowest BCUT2D eigenvalue weighted by Crippen LogP contribution is -2.41. The van der Waals surface area contributed by atoms with Crippen molar-refractivity contribution in [1.29, 1.82) is 0 Å². The molecule has 1 aliphatic rings. The van der Waals surface area contributed by atoms with Crippen LogP contribution in [0.15, 0.2) is 12.1 Å². The highest BCUT2D eigenvalue weighted by molar-refractivity contribution is 6.61. The molecule has 1 aromatic heterocycles. The lowest BCUT2D eigenvalue weighted by Gasteiger charge is -2.32. The zero-order valence-corrected chi connectivity index (χ0v) is 12.7. The Labute approximate surface area is 122 Å². The molecule has 21 heavy (non-hydrogen) atoms. The van der Waals surface area contributed by atoms with Crippen LogP contribution >= 0.6 is 0 Å². The first-order valence-corrected chi connectivity index (χ1v) is 6.56. The number of rotatable bonds is 3. The van der Waals surface area contributed by atoms with E-state index in [9.17, 15) is 14.9 Å². The summed E-state index contributed by atoms with van der Waals surface area (Å²) in [4.78, 5) is 25.7. The van der Waals surface area contributed by atoms with E-state index in [-0.39, 0.29) is 16.9 Å². The molecule has 0 unspecified atom stereocenters. The summed E-state index contributed by atoms with van der Waals surface area (Å²) >= 11 is 0. The van der Waals surface area contributed by atoms with Crippen molar-refractivity contribution in [3.05, 3.63) is 27.8 Å². The average Bonchev–Trinajstić information content (AvgIpc) is 2.58. The van der Waals surface area contributed by atoms with E-state index in [4.69, 9.17) is 9.31 Å². The minimum Gasteiger partial charge on any atom is -0.397 e. The molecule has 0 aliphatic carbocycles. The van der Waals surface area contributed by atoms with Gasteiger partial charge in [-0.1, -0.05) is 0 Å². The van der Waals surface area contributed by atoms with Gasteiger partial charge in [-0.25, -0.2) is 0 Å². The molecule has 0 bridgehead atoms. The topological polar surface area (TPSA) is 91.6 Å². The van der Waals surface area contributed by atoms with Gasteiger partial charge >= 0.3 is 12.9 Å². The summed E-state index contributed by atoms with van der Waals surface area (Å²) in [6.07, 6.45) is 0. The number of hydrogen-bond acceptors (Lipinski definition) is 6. The predicted octanol–water partition coefficient (Wildman–Crippen LogP) is 1.49. The first-order valence-electron chi connectivity index (χ1n) is 6.56. The quantitative estimate of drug-likeness (QED) is 0.363. The summed E-state index contributed by atoms with van der Waals surface area (Å²) in [6, 6.07) is 2.62. The molecule has 1 aliphatic heterocycles. The lowest BCUT2D eigenvalue weighted by molar-refractivity contribution is -0.389. The molecule has 1 saturated heterocycles. The fourth-order valence-electron chi connectivity index (χ4n) is 1.92. The zero-order valence-electron chi connectivity index (χ0n) is 12.7. The van der Waals surface area contributed by atoms with Crippen LogP contribution in [-0.4, -0.2) is 34.0 Å². The van der Waals surface area contributed by atoms with E-state index in [1.54, 1.807) is 0 Å². The van der Waals surface area contributed by atoms with Gasteiger partial charge in [0.2, 0.25) is 0 Å². The summed E-state index contributed by atoms with van der Waals surface area (Å²) in [6.45, 7) is 8.83. The largest absolute Gasteiger partial charge is 0.542 e. The molecule has 8 heteroatoms. The molecular formula is C13H17BN2O5. The summed E-state index contributed by atoms with van der Waals surface area (Å²) in [5, 5.41) is 10.9. The van der Waals surface area contributed by atoms with Crippen LogP contribution in [0.2, 0.25) is 0 Å². The second-order valence-corrected chi connectivity index (χ2v) is 6.04. The van der Waals surface area contributed by atoms with Crippen molar-refractivity contribution in [1.82, 2.24) is 4.98 Å². The van der Waals surface area contributed by atoms with Gasteiger partial charge in [-0.3, -0.25) is 4.79 Å². The van der Waals surface area contributed by atoms with Gasteiger partial charge in [0, 0.05) is 11.6 Å². The van der Waals surface area contributed by atoms with Gasteiger partial charge in [0.05, 0.1) is 11.2 Å². The molecule has 0 atom stereocenters. The normalized spacial score (nSPS) is 19.6. The fraction of sp³-hybridized carbons (Fsp3) is 0.538. The number of carbonyl (C=O) groups excluding carboxylic acids is 1. The second kappa shape index (κ2) is 4.89. The minimum absolute atomic E-state index is 0.210. The second-order valence-electron chi connectivity index (χ2n) is 6.04. The lowest BCUT2D eigenvalue weighted by atomic mass is 9.83. The molecule has 0 N–H and O–H groups in total. The number of pyridine rings is 1. The SMILES string of the molecule is CC(=O)c1cc(B2OC(C)(C)C(C)(C)O2)nc([N+](=O)[O-])c1. The van der Waals surface area contributed by atoms with Gasteiger partial charge in [-0.05, 0) is 50.6 Å². The number of ketones is 1. The van der Waals surface area contributed by atoms with Crippen LogP contribution in [0.3, 0.4) is 0 Å². The number of carbonyl (C=O) groups is 1. The van der Waals surface area contributed by atoms with E-state index in [0.717, 1.165) is 6.07 Å². The molecule has 112 valence electrons. The number of nitrogens with zero attached hydrogens (tertiary/aromatic N) is 2. The Bertz CT molecular complexity index is 566. The Kier molecular flexibility index (Phi) is 3.63. The van der Waals surface area contributed by atoms with Crippen LogP contribution in [0, 0.1) is 10.1 Å². The van der Waals surface area contributed by atoms with Crippen molar-refractivity contribution in [2.45, 2.75) is 45.8 Å². The van der Waals surface area contributed by atoms with Crippen LogP contribution in [0.4, 0.5) is 5.82 Å². The van der Waals surface area contributed by atoms with Gasteiger partial charge in [0.25, 0.3) is 0 Å². The summed E-state index contributed by atoms with van der Waals surface area (Å²) in [5.41, 5.74) is -0.727. The van der Waals surface area contributed by atoms with Gasteiger partial charge < -0.3 is 19.4 Å². The van der Waals surface area contributed by atoms with Crippen LogP contribution < -0.4 is 5.59 Å². The first kappa shape index (κ1) is 15.6. The highest BCUT2D eigenvalue weighted by Crippen LogP contribution is 2.36. The summed E-state index contributed by atoms with van der Waals surface area (Å²) < 4.78 is 11.6. The van der Waals surface area contributed by atoms with E-state index in [0.29, 0.717) is 0 Å². The van der Waals surface area contributed by atoms with Crippen molar-refractivity contribution in [3.8, 4) is 0 Å². The Balaban J connectivity index is 2.45. The maximum atomic E-state index is 11.5. The number of hydrogen-bond donors (Lipinski definition) is 0. The molecule has 7 nitrogen and oxygen atoms in total.